The monoisotopic (exact) mass is 271 g/mol. The highest BCUT2D eigenvalue weighted by molar-refractivity contribution is 5.26. The van der Waals surface area contributed by atoms with Crippen LogP contribution in [-0.4, -0.2) is 12.1 Å². The molecule has 1 aromatic rings. The lowest BCUT2D eigenvalue weighted by Gasteiger charge is -2.31. The molecule has 3 rings (SSSR count). The van der Waals surface area contributed by atoms with E-state index in [1.54, 1.807) is 0 Å². The molecular weight excluding hydrogens is 255 g/mol. The van der Waals surface area contributed by atoms with Crippen LogP contribution >= 0.6 is 0 Å². The van der Waals surface area contributed by atoms with Gasteiger partial charge in [-0.1, -0.05) is 6.07 Å². The Morgan fingerprint density at radius 1 is 1.05 bits per heavy atom. The Bertz CT molecular complexity index is 494. The molecule has 1 aliphatic heterocycles. The number of hydrogen-bond donors (Lipinski definition) is 3. The zero-order valence-corrected chi connectivity index (χ0v) is 10.3. The molecule has 1 heterocycles. The van der Waals surface area contributed by atoms with Gasteiger partial charge in [0.1, 0.15) is 0 Å². The lowest BCUT2D eigenvalue weighted by molar-refractivity contribution is 0.278. The summed E-state index contributed by atoms with van der Waals surface area (Å²) in [5, 5.41) is 0. The number of rotatable bonds is 1. The Morgan fingerprint density at radius 2 is 1.84 bits per heavy atom. The van der Waals surface area contributed by atoms with Crippen molar-refractivity contribution in [1.82, 2.24) is 10.9 Å². The number of benzene rings is 1. The van der Waals surface area contributed by atoms with E-state index >= 15 is 0 Å². The molecule has 0 spiro atoms. The van der Waals surface area contributed by atoms with Crippen LogP contribution in [0.5, 0.6) is 0 Å². The molecule has 3 nitrogen and oxygen atoms in total. The van der Waals surface area contributed by atoms with Crippen LogP contribution in [0.25, 0.3) is 0 Å². The van der Waals surface area contributed by atoms with Crippen LogP contribution in [0.3, 0.4) is 0 Å². The van der Waals surface area contributed by atoms with Crippen molar-refractivity contribution >= 4 is 0 Å². The highest BCUT2D eigenvalue weighted by atomic mass is 19.2. The van der Waals surface area contributed by atoms with Gasteiger partial charge >= 0.3 is 0 Å². The number of nitrogens with one attached hydrogen (secondary N) is 2. The average Bonchev–Trinajstić information content (AvgIpc) is 2.79. The topological polar surface area (TPSA) is 50.1 Å². The normalized spacial score (nSPS) is 34.3. The van der Waals surface area contributed by atoms with E-state index in [-0.39, 0.29) is 29.6 Å². The molecule has 0 radical (unpaired) electrons. The largest absolute Gasteiger partial charge is 0.328 e. The molecule has 6 heteroatoms. The van der Waals surface area contributed by atoms with E-state index in [4.69, 9.17) is 5.73 Å². The van der Waals surface area contributed by atoms with Gasteiger partial charge in [-0.3, -0.25) is 5.43 Å². The number of nitrogens with two attached hydrogens (primary N) is 1. The van der Waals surface area contributed by atoms with Crippen molar-refractivity contribution in [2.75, 3.05) is 0 Å². The van der Waals surface area contributed by atoms with Crippen molar-refractivity contribution < 1.29 is 13.2 Å². The first-order chi connectivity index (χ1) is 9.08. The van der Waals surface area contributed by atoms with E-state index in [2.05, 4.69) is 10.9 Å². The fourth-order valence-corrected chi connectivity index (χ4v) is 3.18. The maximum atomic E-state index is 13.8. The molecule has 1 saturated heterocycles. The predicted octanol–water partition coefficient (Wildman–Crippen LogP) is 1.75. The summed E-state index contributed by atoms with van der Waals surface area (Å²) in [5.74, 6) is -3.52. The van der Waals surface area contributed by atoms with Crippen molar-refractivity contribution in [2.45, 2.75) is 37.4 Å². The van der Waals surface area contributed by atoms with Gasteiger partial charge in [0.2, 0.25) is 0 Å². The molecule has 0 amide bonds. The summed E-state index contributed by atoms with van der Waals surface area (Å²) in [7, 11) is 0. The Balaban J connectivity index is 1.89. The molecule has 4 unspecified atom stereocenters. The first kappa shape index (κ1) is 12.9. The highest BCUT2D eigenvalue weighted by Gasteiger charge is 2.41. The van der Waals surface area contributed by atoms with Gasteiger partial charge in [0.15, 0.2) is 17.5 Å². The second-order valence-corrected chi connectivity index (χ2v) is 5.37. The Morgan fingerprint density at radius 3 is 2.63 bits per heavy atom. The summed E-state index contributed by atoms with van der Waals surface area (Å²) < 4.78 is 40.1. The minimum Gasteiger partial charge on any atom is -0.328 e. The summed E-state index contributed by atoms with van der Waals surface area (Å²) in [4.78, 5) is 0. The van der Waals surface area contributed by atoms with Gasteiger partial charge in [0.05, 0.1) is 6.04 Å². The second-order valence-electron chi connectivity index (χ2n) is 5.37. The van der Waals surface area contributed by atoms with E-state index in [1.807, 2.05) is 0 Å². The zero-order chi connectivity index (χ0) is 13.6. The quantitative estimate of drug-likeness (QED) is 0.682. The first-order valence-corrected chi connectivity index (χ1v) is 6.48. The molecule has 0 bridgehead atoms. The molecule has 1 aliphatic carbocycles. The van der Waals surface area contributed by atoms with Crippen molar-refractivity contribution in [2.24, 2.45) is 11.7 Å². The molecule has 104 valence electrons. The number of halogens is 3. The van der Waals surface area contributed by atoms with Crippen LogP contribution < -0.4 is 16.6 Å². The van der Waals surface area contributed by atoms with Crippen LogP contribution in [0.1, 0.15) is 30.9 Å². The Hall–Kier alpha value is -1.11. The maximum Gasteiger partial charge on any atom is 0.194 e. The van der Waals surface area contributed by atoms with E-state index in [0.717, 1.165) is 25.3 Å². The van der Waals surface area contributed by atoms with Gasteiger partial charge in [0.25, 0.3) is 0 Å². The van der Waals surface area contributed by atoms with Crippen LogP contribution in [0.4, 0.5) is 13.2 Å². The van der Waals surface area contributed by atoms with Crippen LogP contribution in [0.2, 0.25) is 0 Å². The summed E-state index contributed by atoms with van der Waals surface area (Å²) in [6.07, 6.45) is 2.51. The molecule has 2 aliphatic rings. The molecule has 4 atom stereocenters. The minimum absolute atomic E-state index is 0.143. The summed E-state index contributed by atoms with van der Waals surface area (Å²) in [6, 6.07) is 2.24. The number of hydrogen-bond acceptors (Lipinski definition) is 3. The van der Waals surface area contributed by atoms with Crippen LogP contribution in [0, 0.1) is 23.4 Å². The van der Waals surface area contributed by atoms with Gasteiger partial charge in [-0.15, -0.1) is 0 Å². The molecule has 4 N–H and O–H groups in total. The summed E-state index contributed by atoms with van der Waals surface area (Å²) >= 11 is 0. The standard InChI is InChI=1S/C13H16F3N3/c14-9-4-3-8(11(15)12(9)16)13-7-2-1-6(17)5-10(7)18-19-13/h3-4,6-7,10,13,18-19H,1-2,5,17H2. The zero-order valence-electron chi connectivity index (χ0n) is 10.3. The lowest BCUT2D eigenvalue weighted by Crippen LogP contribution is -2.41. The maximum absolute atomic E-state index is 13.8. The smallest absolute Gasteiger partial charge is 0.194 e. The van der Waals surface area contributed by atoms with E-state index in [9.17, 15) is 13.2 Å². The summed E-state index contributed by atoms with van der Waals surface area (Å²) in [5.41, 5.74) is 12.1. The molecule has 19 heavy (non-hydrogen) atoms. The number of hydrazine groups is 1. The van der Waals surface area contributed by atoms with Gasteiger partial charge in [-0.05, 0) is 31.2 Å². The van der Waals surface area contributed by atoms with E-state index in [0.29, 0.717) is 0 Å². The van der Waals surface area contributed by atoms with E-state index in [1.165, 1.54) is 6.07 Å². The van der Waals surface area contributed by atoms with Crippen molar-refractivity contribution in [3.63, 3.8) is 0 Å². The van der Waals surface area contributed by atoms with Gasteiger partial charge in [0, 0.05) is 17.6 Å². The Labute approximate surface area is 109 Å². The van der Waals surface area contributed by atoms with Crippen molar-refractivity contribution in [1.29, 1.82) is 0 Å². The summed E-state index contributed by atoms with van der Waals surface area (Å²) in [6.45, 7) is 0. The third-order valence-corrected chi connectivity index (χ3v) is 4.20. The Kier molecular flexibility index (Phi) is 3.24. The molecule has 1 aromatic carbocycles. The van der Waals surface area contributed by atoms with Crippen molar-refractivity contribution in [3.05, 3.63) is 35.1 Å². The third kappa shape index (κ3) is 2.13. The minimum atomic E-state index is -1.41. The third-order valence-electron chi connectivity index (χ3n) is 4.20. The fourth-order valence-electron chi connectivity index (χ4n) is 3.18. The number of fused-ring (bicyclic) bond motifs is 1. The SMILES string of the molecule is NC1CCC2C(C1)NNC2c1ccc(F)c(F)c1F. The predicted molar refractivity (Wildman–Crippen MR) is 64.4 cm³/mol. The van der Waals surface area contributed by atoms with Gasteiger partial charge in [-0.25, -0.2) is 18.6 Å². The highest BCUT2D eigenvalue weighted by Crippen LogP contribution is 2.38. The van der Waals surface area contributed by atoms with Crippen LogP contribution in [-0.2, 0) is 0 Å². The average molecular weight is 271 g/mol. The molecule has 2 fully saturated rings. The first-order valence-electron chi connectivity index (χ1n) is 6.48. The van der Waals surface area contributed by atoms with Crippen molar-refractivity contribution in [3.8, 4) is 0 Å². The van der Waals surface area contributed by atoms with Crippen LogP contribution in [0.15, 0.2) is 12.1 Å². The van der Waals surface area contributed by atoms with E-state index < -0.39 is 17.5 Å². The molecule has 1 saturated carbocycles. The van der Waals surface area contributed by atoms with Gasteiger partial charge in [-0.2, -0.15) is 0 Å². The molecular formula is C13H16F3N3. The van der Waals surface area contributed by atoms with Gasteiger partial charge < -0.3 is 5.73 Å². The molecule has 0 aromatic heterocycles. The lowest BCUT2D eigenvalue weighted by atomic mass is 9.78. The second kappa shape index (κ2) is 4.77. The fraction of sp³-hybridized carbons (Fsp3) is 0.538.